The molecule has 14 rings (SSSR count). The Bertz CT molecular complexity index is 4450. The van der Waals surface area contributed by atoms with Gasteiger partial charge in [-0.15, -0.1) is 0 Å². The van der Waals surface area contributed by atoms with Gasteiger partial charge in [0.1, 0.15) is 22.8 Å². The highest BCUT2D eigenvalue weighted by Gasteiger charge is 2.53. The largest absolute Gasteiger partial charge is 0.455 e. The molecule has 0 radical (unpaired) electrons. The van der Waals surface area contributed by atoms with Crippen LogP contribution >= 0.6 is 0 Å². The highest BCUT2D eigenvalue weighted by atomic mass is 16.3. The molecule has 2 aliphatic carbocycles. The van der Waals surface area contributed by atoms with E-state index in [0.29, 0.717) is 0 Å². The van der Waals surface area contributed by atoms with Crippen LogP contribution in [0, 0.1) is 27.7 Å². The number of nitrogens with zero attached hydrogens (tertiary/aromatic N) is 4. The van der Waals surface area contributed by atoms with Gasteiger partial charge in [0.2, 0.25) is 0 Å². The Morgan fingerprint density at radius 1 is 0.390 bits per heavy atom. The number of benzene rings is 9. The zero-order valence-electron chi connectivity index (χ0n) is 48.5. The van der Waals surface area contributed by atoms with Gasteiger partial charge in [-0.25, -0.2) is 9.97 Å². The van der Waals surface area contributed by atoms with Crippen LogP contribution in [0.5, 0.6) is 0 Å². The number of rotatable bonds is 8. The van der Waals surface area contributed by atoms with Crippen LogP contribution in [-0.2, 0) is 16.2 Å². The number of furan rings is 1. The Hall–Kier alpha value is -9.32. The van der Waals surface area contributed by atoms with Crippen LogP contribution in [0.2, 0.25) is 0 Å². The smallest absolute Gasteiger partial charge is 0.145 e. The Balaban J connectivity index is 1.10. The maximum atomic E-state index is 7.48. The van der Waals surface area contributed by atoms with Gasteiger partial charge in [-0.05, 0) is 172 Å². The lowest BCUT2D eigenvalue weighted by Crippen LogP contribution is -2.27. The van der Waals surface area contributed by atoms with Crippen molar-refractivity contribution >= 4 is 56.3 Å². The molecule has 3 aromatic heterocycles. The standard InChI is InChI=1S/C77H66N4O/c1-47-23-27-51(28-24-47)62-41-49(3)45-78-73(62)80(55-35-31-53(32-36-55)75(5,6)7)57-39-40-60-66(43-57)77(64-20-14-11-17-58(64)59-18-12-15-21-65(59)77)67-44-68(71-61-19-13-16-22-69(61)82-72(71)70(60)67)81(56-37-33-54(34-38-56)76(8,9)10)74-63(42-50(4)46-79-74)52-29-25-48(2)26-30-52/h11-46H,1-10H3. The summed E-state index contributed by atoms with van der Waals surface area (Å²) in [7, 11) is 0. The lowest BCUT2D eigenvalue weighted by Gasteiger charge is -2.34. The number of aryl methyl sites for hydroxylation is 4. The second kappa shape index (κ2) is 18.9. The summed E-state index contributed by atoms with van der Waals surface area (Å²) in [6.45, 7) is 22.2. The van der Waals surface area contributed by atoms with Crippen LogP contribution in [-0.4, -0.2) is 9.97 Å². The Kier molecular flexibility index (Phi) is 11.7. The van der Waals surface area contributed by atoms with Crippen molar-refractivity contribution in [2.75, 3.05) is 9.80 Å². The molecule has 0 N–H and O–H groups in total. The second-order valence-electron chi connectivity index (χ2n) is 25.0. The van der Waals surface area contributed by atoms with Gasteiger partial charge >= 0.3 is 0 Å². The van der Waals surface area contributed by atoms with E-state index in [1.807, 2.05) is 12.4 Å². The number of hydrogen-bond donors (Lipinski definition) is 0. The fourth-order valence-electron chi connectivity index (χ4n) is 13.1. The van der Waals surface area contributed by atoms with E-state index in [2.05, 4.69) is 285 Å². The molecule has 2 aliphatic rings. The zero-order valence-corrected chi connectivity index (χ0v) is 48.5. The third-order valence-electron chi connectivity index (χ3n) is 17.3. The van der Waals surface area contributed by atoms with Gasteiger partial charge in [-0.1, -0.05) is 198 Å². The van der Waals surface area contributed by atoms with E-state index in [0.717, 1.165) is 106 Å². The van der Waals surface area contributed by atoms with Gasteiger partial charge < -0.3 is 4.42 Å². The van der Waals surface area contributed by atoms with E-state index in [-0.39, 0.29) is 10.8 Å². The highest BCUT2D eigenvalue weighted by Crippen LogP contribution is 2.66. The topological polar surface area (TPSA) is 45.4 Å². The predicted octanol–water partition coefficient (Wildman–Crippen LogP) is 20.8. The quantitative estimate of drug-likeness (QED) is 0.152. The molecule has 0 fully saturated rings. The first-order chi connectivity index (χ1) is 39.6. The van der Waals surface area contributed by atoms with E-state index in [9.17, 15) is 0 Å². The van der Waals surface area contributed by atoms with E-state index < -0.39 is 5.41 Å². The summed E-state index contributed by atoms with van der Waals surface area (Å²) in [5, 5.41) is 2.08. The summed E-state index contributed by atoms with van der Waals surface area (Å²) in [5.74, 6) is 1.70. The average molecular weight is 1060 g/mol. The molecule has 0 atom stereocenters. The normalized spacial score (nSPS) is 13.1. The fraction of sp³-hybridized carbons (Fsp3) is 0.169. The van der Waals surface area contributed by atoms with Gasteiger partial charge in [-0.2, -0.15) is 0 Å². The molecule has 0 aliphatic heterocycles. The summed E-state index contributed by atoms with van der Waals surface area (Å²) in [6, 6.07) is 76.9. The summed E-state index contributed by atoms with van der Waals surface area (Å²) in [6.07, 6.45) is 4.02. The predicted molar refractivity (Wildman–Crippen MR) is 342 cm³/mol. The summed E-state index contributed by atoms with van der Waals surface area (Å²) in [5.41, 5.74) is 25.8. The van der Waals surface area contributed by atoms with Crippen molar-refractivity contribution < 1.29 is 4.42 Å². The molecule has 5 nitrogen and oxygen atoms in total. The lowest BCUT2D eigenvalue weighted by molar-refractivity contribution is 0.590. The third kappa shape index (κ3) is 8.03. The number of pyridine rings is 2. The monoisotopic (exact) mass is 1060 g/mol. The average Bonchev–Trinajstić information content (AvgIpc) is 2.34. The Labute approximate surface area is 482 Å². The maximum Gasteiger partial charge on any atom is 0.145 e. The Morgan fingerprint density at radius 2 is 0.866 bits per heavy atom. The van der Waals surface area contributed by atoms with Crippen molar-refractivity contribution in [1.29, 1.82) is 0 Å². The molecule has 0 amide bonds. The number of aromatic nitrogens is 2. The lowest BCUT2D eigenvalue weighted by atomic mass is 9.70. The number of fused-ring (bicyclic) bond motifs is 14. The highest BCUT2D eigenvalue weighted by molar-refractivity contribution is 6.20. The number of para-hydroxylation sites is 1. The molecular weight excluding hydrogens is 997 g/mol. The Morgan fingerprint density at radius 3 is 1.40 bits per heavy atom. The first kappa shape index (κ1) is 50.9. The van der Waals surface area contributed by atoms with Gasteiger partial charge in [0.15, 0.2) is 0 Å². The van der Waals surface area contributed by atoms with Gasteiger partial charge in [0, 0.05) is 51.5 Å². The molecule has 9 aromatic carbocycles. The van der Waals surface area contributed by atoms with Crippen LogP contribution < -0.4 is 9.80 Å². The molecule has 12 aromatic rings. The van der Waals surface area contributed by atoms with Crippen molar-refractivity contribution in [3.63, 3.8) is 0 Å². The van der Waals surface area contributed by atoms with E-state index >= 15 is 0 Å². The molecule has 0 bridgehead atoms. The zero-order chi connectivity index (χ0) is 56.4. The molecular formula is C77H66N4O. The minimum absolute atomic E-state index is 0.0302. The van der Waals surface area contributed by atoms with Crippen molar-refractivity contribution in [3.05, 3.63) is 274 Å². The molecule has 400 valence electrons. The third-order valence-corrected chi connectivity index (χ3v) is 17.3. The van der Waals surface area contributed by atoms with Crippen molar-refractivity contribution in [2.45, 2.75) is 85.5 Å². The van der Waals surface area contributed by atoms with E-state index in [1.165, 1.54) is 50.1 Å². The second-order valence-corrected chi connectivity index (χ2v) is 25.0. The van der Waals surface area contributed by atoms with Crippen LogP contribution in [0.1, 0.15) is 97.2 Å². The number of hydrogen-bond acceptors (Lipinski definition) is 5. The van der Waals surface area contributed by atoms with Crippen LogP contribution in [0.25, 0.3) is 66.4 Å². The van der Waals surface area contributed by atoms with Gasteiger partial charge in [0.25, 0.3) is 0 Å². The molecule has 0 saturated carbocycles. The minimum atomic E-state index is -0.791. The number of anilines is 6. The van der Waals surface area contributed by atoms with Crippen molar-refractivity contribution in [3.8, 4) is 44.5 Å². The van der Waals surface area contributed by atoms with Crippen molar-refractivity contribution in [2.24, 2.45) is 0 Å². The van der Waals surface area contributed by atoms with Crippen molar-refractivity contribution in [1.82, 2.24) is 9.97 Å². The van der Waals surface area contributed by atoms with Gasteiger partial charge in [0.05, 0.1) is 16.5 Å². The summed E-state index contributed by atoms with van der Waals surface area (Å²) in [4.78, 5) is 15.7. The van der Waals surface area contributed by atoms with Crippen LogP contribution in [0.4, 0.5) is 34.4 Å². The molecule has 5 heteroatoms. The maximum absolute atomic E-state index is 7.48. The van der Waals surface area contributed by atoms with Crippen LogP contribution in [0.3, 0.4) is 0 Å². The minimum Gasteiger partial charge on any atom is -0.455 e. The molecule has 1 spiro atoms. The van der Waals surface area contributed by atoms with Gasteiger partial charge in [-0.3, -0.25) is 9.80 Å². The fourth-order valence-corrected chi connectivity index (χ4v) is 13.1. The summed E-state index contributed by atoms with van der Waals surface area (Å²) < 4.78 is 7.48. The summed E-state index contributed by atoms with van der Waals surface area (Å²) >= 11 is 0. The molecule has 0 saturated heterocycles. The SMILES string of the molecule is Cc1ccc(-c2cc(C)cnc2N(c2ccc(C(C)(C)C)cc2)c2ccc3c(c2)C2(c4ccccc4-c4ccccc42)c2cc(N(c4ccc(C(C)(C)C)cc4)c4ncc(C)cc4-c4ccc(C)cc4)c4c(oc5ccccc54)c2-3)cc1. The van der Waals surface area contributed by atoms with E-state index in [1.54, 1.807) is 0 Å². The molecule has 3 heterocycles. The molecule has 0 unspecified atom stereocenters. The van der Waals surface area contributed by atoms with Crippen LogP contribution in [0.15, 0.2) is 223 Å². The molecule has 82 heavy (non-hydrogen) atoms. The van der Waals surface area contributed by atoms with E-state index in [4.69, 9.17) is 14.4 Å². The first-order valence-electron chi connectivity index (χ1n) is 28.8. The first-order valence-corrected chi connectivity index (χ1v) is 28.8.